The van der Waals surface area contributed by atoms with Crippen molar-refractivity contribution in [1.82, 2.24) is 20.1 Å². The molecule has 0 radical (unpaired) electrons. The van der Waals surface area contributed by atoms with Crippen molar-refractivity contribution in [3.05, 3.63) is 83.4 Å². The smallest absolute Gasteiger partial charge is 0.274 e. The first-order valence-electron chi connectivity index (χ1n) is 9.07. The maximum atomic E-state index is 13.1. The van der Waals surface area contributed by atoms with Crippen LogP contribution in [0.3, 0.4) is 0 Å². The van der Waals surface area contributed by atoms with Crippen molar-refractivity contribution >= 4 is 5.91 Å². The van der Waals surface area contributed by atoms with Crippen molar-refractivity contribution < 1.29 is 4.79 Å². The summed E-state index contributed by atoms with van der Waals surface area (Å²) in [6.45, 7) is 1.20. The number of nitrogens with one attached hydrogen (secondary N) is 1. The van der Waals surface area contributed by atoms with Crippen LogP contribution in [0.5, 0.6) is 0 Å². The summed E-state index contributed by atoms with van der Waals surface area (Å²) in [7, 11) is 0. The van der Waals surface area contributed by atoms with E-state index in [2.05, 4.69) is 27.3 Å². The highest BCUT2D eigenvalue weighted by Gasteiger charge is 2.27. The minimum absolute atomic E-state index is 0.0270. The van der Waals surface area contributed by atoms with E-state index in [1.54, 1.807) is 12.4 Å². The summed E-state index contributed by atoms with van der Waals surface area (Å²) in [5.74, 6) is 0.530. The van der Waals surface area contributed by atoms with Crippen LogP contribution in [-0.4, -0.2) is 32.5 Å². The van der Waals surface area contributed by atoms with Gasteiger partial charge in [-0.25, -0.2) is 0 Å². The second kappa shape index (κ2) is 7.52. The fourth-order valence-corrected chi connectivity index (χ4v) is 3.08. The van der Waals surface area contributed by atoms with E-state index in [1.807, 2.05) is 41.3 Å². The molecule has 0 bridgehead atoms. The molecule has 2 aromatic heterocycles. The summed E-state index contributed by atoms with van der Waals surface area (Å²) in [4.78, 5) is 19.0. The number of aromatic amines is 1. The fraction of sp³-hybridized carbons (Fsp3) is 0.286. The van der Waals surface area contributed by atoms with Gasteiger partial charge >= 0.3 is 0 Å². The van der Waals surface area contributed by atoms with Gasteiger partial charge in [-0.2, -0.15) is 5.10 Å². The number of amides is 1. The third kappa shape index (κ3) is 3.99. The fourth-order valence-electron chi connectivity index (χ4n) is 3.08. The zero-order valence-corrected chi connectivity index (χ0v) is 14.6. The van der Waals surface area contributed by atoms with Gasteiger partial charge in [0, 0.05) is 37.1 Å². The van der Waals surface area contributed by atoms with E-state index in [9.17, 15) is 4.79 Å². The highest BCUT2D eigenvalue weighted by atomic mass is 16.2. The number of hydrogen-bond acceptors (Lipinski definition) is 3. The predicted molar refractivity (Wildman–Crippen MR) is 99.7 cm³/mol. The minimum atomic E-state index is -0.0270. The number of aromatic nitrogens is 3. The first-order chi connectivity index (χ1) is 12.8. The number of pyridine rings is 1. The van der Waals surface area contributed by atoms with Gasteiger partial charge in [-0.3, -0.25) is 14.9 Å². The molecule has 26 heavy (non-hydrogen) atoms. The molecule has 1 fully saturated rings. The molecule has 0 spiro atoms. The Morgan fingerprint density at radius 3 is 2.58 bits per heavy atom. The molecule has 1 aliphatic carbocycles. The van der Waals surface area contributed by atoms with Crippen molar-refractivity contribution in [3.63, 3.8) is 0 Å². The van der Waals surface area contributed by atoms with E-state index >= 15 is 0 Å². The molecule has 5 nitrogen and oxygen atoms in total. The second-order valence-electron chi connectivity index (χ2n) is 6.80. The Morgan fingerprint density at radius 1 is 1.08 bits per heavy atom. The SMILES string of the molecule is O=C(c1cc(C2CC2)[nH]n1)N(CCc1ccccc1)Cc1ccncc1. The molecule has 132 valence electrons. The Kier molecular flexibility index (Phi) is 4.78. The van der Waals surface area contributed by atoms with Crippen LogP contribution in [0.15, 0.2) is 60.9 Å². The summed E-state index contributed by atoms with van der Waals surface area (Å²) in [5.41, 5.74) is 3.88. The largest absolute Gasteiger partial charge is 0.333 e. The molecule has 4 rings (SSSR count). The van der Waals surface area contributed by atoms with Gasteiger partial charge in [0.15, 0.2) is 0 Å². The number of benzene rings is 1. The van der Waals surface area contributed by atoms with Gasteiger partial charge in [0.25, 0.3) is 5.91 Å². The first kappa shape index (κ1) is 16.5. The Balaban J connectivity index is 1.51. The Morgan fingerprint density at radius 2 is 1.85 bits per heavy atom. The summed E-state index contributed by atoms with van der Waals surface area (Å²) in [6.07, 6.45) is 6.70. The van der Waals surface area contributed by atoms with Gasteiger partial charge in [0.05, 0.1) is 0 Å². The summed E-state index contributed by atoms with van der Waals surface area (Å²) in [6, 6.07) is 16.1. The molecule has 0 aliphatic heterocycles. The Labute approximate surface area is 153 Å². The molecule has 0 saturated heterocycles. The molecule has 1 N–H and O–H groups in total. The Bertz CT molecular complexity index is 856. The molecule has 1 aliphatic rings. The van der Waals surface area contributed by atoms with Gasteiger partial charge in [-0.05, 0) is 48.6 Å². The number of rotatable bonds is 7. The lowest BCUT2D eigenvalue weighted by Crippen LogP contribution is -2.32. The molecular formula is C21H22N4O. The van der Waals surface area contributed by atoms with E-state index in [4.69, 9.17) is 0 Å². The Hall–Kier alpha value is -2.95. The molecule has 1 amide bonds. The number of nitrogens with zero attached hydrogens (tertiary/aromatic N) is 3. The summed E-state index contributed by atoms with van der Waals surface area (Å²) >= 11 is 0. The van der Waals surface area contributed by atoms with Crippen LogP contribution in [0, 0.1) is 0 Å². The highest BCUT2D eigenvalue weighted by molar-refractivity contribution is 5.92. The van der Waals surface area contributed by atoms with Crippen molar-refractivity contribution in [3.8, 4) is 0 Å². The number of carbonyl (C=O) groups is 1. The zero-order chi connectivity index (χ0) is 17.8. The van der Waals surface area contributed by atoms with E-state index in [-0.39, 0.29) is 5.91 Å². The third-order valence-electron chi connectivity index (χ3n) is 4.76. The topological polar surface area (TPSA) is 61.9 Å². The van der Waals surface area contributed by atoms with Gasteiger partial charge < -0.3 is 4.90 Å². The predicted octanol–water partition coefficient (Wildman–Crippen LogP) is 3.57. The molecule has 2 heterocycles. The molecule has 0 atom stereocenters. The normalized spacial score (nSPS) is 13.5. The lowest BCUT2D eigenvalue weighted by Gasteiger charge is -2.22. The van der Waals surface area contributed by atoms with Crippen LogP contribution < -0.4 is 0 Å². The maximum Gasteiger partial charge on any atom is 0.274 e. The standard InChI is InChI=1S/C21H22N4O/c26-21(20-14-19(23-24-20)18-6-7-18)25(15-17-8-11-22-12-9-17)13-10-16-4-2-1-3-5-16/h1-5,8-9,11-12,14,18H,6-7,10,13,15H2,(H,23,24). The van der Waals surface area contributed by atoms with Crippen molar-refractivity contribution in [2.75, 3.05) is 6.54 Å². The molecule has 5 heteroatoms. The number of H-pyrrole nitrogens is 1. The average molecular weight is 346 g/mol. The maximum absolute atomic E-state index is 13.1. The molecule has 0 unspecified atom stereocenters. The summed E-state index contributed by atoms with van der Waals surface area (Å²) in [5, 5.41) is 7.30. The van der Waals surface area contributed by atoms with Crippen LogP contribution in [0.25, 0.3) is 0 Å². The van der Waals surface area contributed by atoms with Gasteiger partial charge in [-0.1, -0.05) is 30.3 Å². The van der Waals surface area contributed by atoms with E-state index in [0.29, 0.717) is 24.7 Å². The quantitative estimate of drug-likeness (QED) is 0.711. The van der Waals surface area contributed by atoms with Gasteiger partial charge in [0.1, 0.15) is 5.69 Å². The molecular weight excluding hydrogens is 324 g/mol. The monoisotopic (exact) mass is 346 g/mol. The summed E-state index contributed by atoms with van der Waals surface area (Å²) < 4.78 is 0. The van der Waals surface area contributed by atoms with Crippen molar-refractivity contribution in [1.29, 1.82) is 0 Å². The van der Waals surface area contributed by atoms with Crippen molar-refractivity contribution in [2.45, 2.75) is 31.7 Å². The minimum Gasteiger partial charge on any atom is -0.333 e. The second-order valence-corrected chi connectivity index (χ2v) is 6.80. The van der Waals surface area contributed by atoms with Crippen LogP contribution in [-0.2, 0) is 13.0 Å². The van der Waals surface area contributed by atoms with Crippen LogP contribution in [0.1, 0.15) is 46.1 Å². The van der Waals surface area contributed by atoms with Gasteiger partial charge in [-0.15, -0.1) is 0 Å². The molecule has 3 aromatic rings. The third-order valence-corrected chi connectivity index (χ3v) is 4.76. The average Bonchev–Trinajstić information content (AvgIpc) is 3.43. The van der Waals surface area contributed by atoms with Gasteiger partial charge in [0.2, 0.25) is 0 Å². The first-order valence-corrected chi connectivity index (χ1v) is 9.07. The van der Waals surface area contributed by atoms with Crippen LogP contribution in [0.4, 0.5) is 0 Å². The molecule has 1 saturated carbocycles. The zero-order valence-electron chi connectivity index (χ0n) is 14.6. The van der Waals surface area contributed by atoms with E-state index in [0.717, 1.165) is 17.7 Å². The van der Waals surface area contributed by atoms with E-state index in [1.165, 1.54) is 18.4 Å². The lowest BCUT2D eigenvalue weighted by molar-refractivity contribution is 0.0739. The van der Waals surface area contributed by atoms with Crippen molar-refractivity contribution in [2.24, 2.45) is 0 Å². The number of carbonyl (C=O) groups excluding carboxylic acids is 1. The van der Waals surface area contributed by atoms with Crippen LogP contribution in [0.2, 0.25) is 0 Å². The molecule has 1 aromatic carbocycles. The van der Waals surface area contributed by atoms with E-state index < -0.39 is 0 Å². The lowest BCUT2D eigenvalue weighted by atomic mass is 10.1. The highest BCUT2D eigenvalue weighted by Crippen LogP contribution is 2.39. The van der Waals surface area contributed by atoms with Crippen LogP contribution >= 0.6 is 0 Å². The number of hydrogen-bond donors (Lipinski definition) is 1.